The third-order valence-corrected chi connectivity index (χ3v) is 5.20. The summed E-state index contributed by atoms with van der Waals surface area (Å²) in [6.45, 7) is 5.41. The fraction of sp³-hybridized carbons (Fsp3) is 0.545. The number of amides is 2. The minimum Gasteiger partial charge on any atom is -0.359 e. The van der Waals surface area contributed by atoms with Crippen LogP contribution in [0, 0.1) is 11.8 Å². The second-order valence-electron chi connectivity index (χ2n) is 8.17. The number of pyridine rings is 1. The SMILES string of the molecule is CC(C)CNC(=O)c1cc(CN(Cc2ccncc2)C(=O)C2CCCCC2)on1. The van der Waals surface area contributed by atoms with Crippen LogP contribution in [0.15, 0.2) is 35.1 Å². The molecule has 7 nitrogen and oxygen atoms in total. The van der Waals surface area contributed by atoms with Crippen molar-refractivity contribution >= 4 is 11.8 Å². The molecular weight excluding hydrogens is 368 g/mol. The Morgan fingerprint density at radius 2 is 1.90 bits per heavy atom. The molecule has 0 radical (unpaired) electrons. The highest BCUT2D eigenvalue weighted by Gasteiger charge is 2.27. The molecule has 7 heteroatoms. The highest BCUT2D eigenvalue weighted by Crippen LogP contribution is 2.27. The lowest BCUT2D eigenvalue weighted by molar-refractivity contribution is -0.138. The minimum absolute atomic E-state index is 0.0577. The first-order valence-electron chi connectivity index (χ1n) is 10.4. The first-order chi connectivity index (χ1) is 14.0. The third kappa shape index (κ3) is 6.14. The Morgan fingerprint density at radius 1 is 1.17 bits per heavy atom. The van der Waals surface area contributed by atoms with Gasteiger partial charge in [-0.1, -0.05) is 38.3 Å². The Hall–Kier alpha value is -2.70. The smallest absolute Gasteiger partial charge is 0.273 e. The number of nitrogens with one attached hydrogen (secondary N) is 1. The number of hydrogen-bond acceptors (Lipinski definition) is 5. The highest BCUT2D eigenvalue weighted by molar-refractivity contribution is 5.92. The van der Waals surface area contributed by atoms with Crippen molar-refractivity contribution < 1.29 is 14.1 Å². The summed E-state index contributed by atoms with van der Waals surface area (Å²) >= 11 is 0. The molecule has 2 aromatic heterocycles. The van der Waals surface area contributed by atoms with Gasteiger partial charge in [0.2, 0.25) is 5.91 Å². The maximum atomic E-state index is 13.2. The van der Waals surface area contributed by atoms with E-state index in [-0.39, 0.29) is 23.4 Å². The standard InChI is InChI=1S/C22H30N4O3/c1-16(2)13-24-21(27)20-12-19(29-25-20)15-26(14-17-8-10-23-11-9-17)22(28)18-6-4-3-5-7-18/h8-12,16,18H,3-7,13-15H2,1-2H3,(H,24,27). The van der Waals surface area contributed by atoms with Crippen LogP contribution in [-0.2, 0) is 17.9 Å². The van der Waals surface area contributed by atoms with E-state index >= 15 is 0 Å². The van der Waals surface area contributed by atoms with Crippen LogP contribution in [0.5, 0.6) is 0 Å². The second-order valence-corrected chi connectivity index (χ2v) is 8.17. The third-order valence-electron chi connectivity index (χ3n) is 5.20. The first kappa shape index (κ1) is 21.0. The quantitative estimate of drug-likeness (QED) is 0.734. The van der Waals surface area contributed by atoms with E-state index in [2.05, 4.69) is 15.5 Å². The molecule has 29 heavy (non-hydrogen) atoms. The van der Waals surface area contributed by atoms with Gasteiger partial charge in [0.05, 0.1) is 6.54 Å². The number of carbonyl (C=O) groups is 2. The molecule has 0 bridgehead atoms. The van der Waals surface area contributed by atoms with Gasteiger partial charge in [0.15, 0.2) is 11.5 Å². The van der Waals surface area contributed by atoms with E-state index in [0.717, 1.165) is 31.2 Å². The van der Waals surface area contributed by atoms with Crippen molar-refractivity contribution in [3.63, 3.8) is 0 Å². The van der Waals surface area contributed by atoms with Crippen LogP contribution in [0.3, 0.4) is 0 Å². The van der Waals surface area contributed by atoms with Crippen molar-refractivity contribution in [3.05, 3.63) is 47.6 Å². The summed E-state index contributed by atoms with van der Waals surface area (Å²) in [7, 11) is 0. The monoisotopic (exact) mass is 398 g/mol. The van der Waals surface area contributed by atoms with E-state index in [1.807, 2.05) is 30.9 Å². The van der Waals surface area contributed by atoms with Crippen LogP contribution in [0.2, 0.25) is 0 Å². The van der Waals surface area contributed by atoms with Crippen LogP contribution in [0.1, 0.15) is 67.8 Å². The molecule has 0 unspecified atom stereocenters. The lowest BCUT2D eigenvalue weighted by Gasteiger charge is -2.28. The van der Waals surface area contributed by atoms with Crippen LogP contribution < -0.4 is 5.32 Å². The Balaban J connectivity index is 1.70. The number of hydrogen-bond donors (Lipinski definition) is 1. The van der Waals surface area contributed by atoms with Gasteiger partial charge in [0.25, 0.3) is 5.91 Å². The molecule has 1 N–H and O–H groups in total. The van der Waals surface area contributed by atoms with Gasteiger partial charge in [-0.2, -0.15) is 0 Å². The van der Waals surface area contributed by atoms with Crippen molar-refractivity contribution in [1.29, 1.82) is 0 Å². The first-order valence-corrected chi connectivity index (χ1v) is 10.4. The molecular formula is C22H30N4O3. The zero-order valence-corrected chi connectivity index (χ0v) is 17.3. The molecule has 0 spiro atoms. The molecule has 0 aliphatic heterocycles. The normalized spacial score (nSPS) is 14.7. The minimum atomic E-state index is -0.256. The van der Waals surface area contributed by atoms with Gasteiger partial charge in [-0.3, -0.25) is 14.6 Å². The molecule has 1 aliphatic rings. The maximum absolute atomic E-state index is 13.2. The van der Waals surface area contributed by atoms with E-state index in [4.69, 9.17) is 4.52 Å². The Labute approximate surface area is 171 Å². The molecule has 2 amide bonds. The number of nitrogens with zero attached hydrogens (tertiary/aromatic N) is 3. The molecule has 156 valence electrons. The Bertz CT molecular complexity index is 797. The summed E-state index contributed by atoms with van der Waals surface area (Å²) in [5, 5.41) is 6.72. The molecule has 2 aromatic rings. The Morgan fingerprint density at radius 3 is 2.59 bits per heavy atom. The van der Waals surface area contributed by atoms with Gasteiger partial charge in [-0.25, -0.2) is 0 Å². The lowest BCUT2D eigenvalue weighted by atomic mass is 9.88. The fourth-order valence-corrected chi connectivity index (χ4v) is 3.60. The van der Waals surface area contributed by atoms with Crippen molar-refractivity contribution in [2.45, 2.75) is 59.0 Å². The molecule has 3 rings (SSSR count). The molecule has 0 atom stereocenters. The number of carbonyl (C=O) groups excluding carboxylic acids is 2. The average Bonchev–Trinajstić information content (AvgIpc) is 3.21. The summed E-state index contributed by atoms with van der Waals surface area (Å²) in [5.41, 5.74) is 1.26. The van der Waals surface area contributed by atoms with Gasteiger partial charge < -0.3 is 14.7 Å². The summed E-state index contributed by atoms with van der Waals surface area (Å²) in [4.78, 5) is 31.2. The molecule has 0 saturated heterocycles. The number of aromatic nitrogens is 2. The summed E-state index contributed by atoms with van der Waals surface area (Å²) in [6.07, 6.45) is 8.72. The van der Waals surface area contributed by atoms with Crippen LogP contribution in [-0.4, -0.2) is 33.4 Å². The van der Waals surface area contributed by atoms with Crippen molar-refractivity contribution in [3.8, 4) is 0 Å². The van der Waals surface area contributed by atoms with Crippen LogP contribution in [0.4, 0.5) is 0 Å². The summed E-state index contributed by atoms with van der Waals surface area (Å²) in [5.74, 6) is 0.811. The van der Waals surface area contributed by atoms with Gasteiger partial charge >= 0.3 is 0 Å². The molecule has 1 saturated carbocycles. The average molecular weight is 399 g/mol. The van der Waals surface area contributed by atoms with E-state index in [1.54, 1.807) is 18.5 Å². The van der Waals surface area contributed by atoms with Gasteiger partial charge in [-0.15, -0.1) is 0 Å². The van der Waals surface area contributed by atoms with Gasteiger partial charge in [0.1, 0.15) is 0 Å². The fourth-order valence-electron chi connectivity index (χ4n) is 3.60. The summed E-state index contributed by atoms with van der Waals surface area (Å²) in [6, 6.07) is 5.45. The van der Waals surface area contributed by atoms with Crippen molar-refractivity contribution in [1.82, 2.24) is 20.4 Å². The number of rotatable bonds is 8. The molecule has 2 heterocycles. The molecule has 1 aliphatic carbocycles. The zero-order chi connectivity index (χ0) is 20.6. The van der Waals surface area contributed by atoms with E-state index in [0.29, 0.717) is 31.3 Å². The van der Waals surface area contributed by atoms with E-state index in [1.165, 1.54) is 6.42 Å². The molecule has 1 fully saturated rings. The predicted octanol–water partition coefficient (Wildman–Crippen LogP) is 3.56. The molecule has 0 aromatic carbocycles. The summed E-state index contributed by atoms with van der Waals surface area (Å²) < 4.78 is 5.38. The predicted molar refractivity (Wildman–Crippen MR) is 109 cm³/mol. The highest BCUT2D eigenvalue weighted by atomic mass is 16.5. The Kier molecular flexibility index (Phi) is 7.38. The van der Waals surface area contributed by atoms with E-state index in [9.17, 15) is 9.59 Å². The maximum Gasteiger partial charge on any atom is 0.273 e. The van der Waals surface area contributed by atoms with Crippen LogP contribution >= 0.6 is 0 Å². The van der Waals surface area contributed by atoms with Crippen molar-refractivity contribution in [2.75, 3.05) is 6.54 Å². The largest absolute Gasteiger partial charge is 0.359 e. The zero-order valence-electron chi connectivity index (χ0n) is 17.3. The van der Waals surface area contributed by atoms with Gasteiger partial charge in [0, 0.05) is 37.5 Å². The van der Waals surface area contributed by atoms with E-state index < -0.39 is 0 Å². The lowest BCUT2D eigenvalue weighted by Crippen LogP contribution is -2.36. The second kappa shape index (κ2) is 10.2. The van der Waals surface area contributed by atoms with Crippen LogP contribution in [0.25, 0.3) is 0 Å². The topological polar surface area (TPSA) is 88.3 Å². The van der Waals surface area contributed by atoms with Crippen molar-refractivity contribution in [2.24, 2.45) is 11.8 Å². The van der Waals surface area contributed by atoms with Gasteiger partial charge in [-0.05, 0) is 36.5 Å².